The van der Waals surface area contributed by atoms with E-state index in [1.54, 1.807) is 25.4 Å². The van der Waals surface area contributed by atoms with Crippen LogP contribution >= 0.6 is 0 Å². The summed E-state index contributed by atoms with van der Waals surface area (Å²) in [5.41, 5.74) is 10.2. The first-order valence-corrected chi connectivity index (χ1v) is 9.77. The number of aryl methyl sites for hydroxylation is 1. The van der Waals surface area contributed by atoms with Gasteiger partial charge in [0.1, 0.15) is 0 Å². The summed E-state index contributed by atoms with van der Waals surface area (Å²) in [7, 11) is 1.68. The molecule has 8 nitrogen and oxygen atoms in total. The molecule has 0 radical (unpaired) electrons. The summed E-state index contributed by atoms with van der Waals surface area (Å²) < 4.78 is 1.49. The van der Waals surface area contributed by atoms with Crippen molar-refractivity contribution in [3.63, 3.8) is 0 Å². The Hall–Kier alpha value is -3.65. The zero-order chi connectivity index (χ0) is 21.3. The van der Waals surface area contributed by atoms with Gasteiger partial charge in [0.25, 0.3) is 5.56 Å². The summed E-state index contributed by atoms with van der Waals surface area (Å²) in [5, 5.41) is 9.05. The highest BCUT2D eigenvalue weighted by Crippen LogP contribution is 2.26. The minimum Gasteiger partial charge on any atom is -0.398 e. The number of nitrogens with two attached hydrogens (primary N) is 1. The number of nitrogens with zero attached hydrogens (tertiary/aromatic N) is 2. The monoisotopic (exact) mass is 404 g/mol. The normalized spacial score (nSPS) is 15.3. The molecule has 1 amide bonds. The highest BCUT2D eigenvalue weighted by atomic mass is 16.2. The van der Waals surface area contributed by atoms with Crippen LogP contribution in [0.3, 0.4) is 0 Å². The van der Waals surface area contributed by atoms with Crippen LogP contribution in [0, 0.1) is 6.92 Å². The van der Waals surface area contributed by atoms with Crippen molar-refractivity contribution in [1.29, 1.82) is 0 Å². The Bertz CT molecular complexity index is 1170. The predicted octanol–water partition coefficient (Wildman–Crippen LogP) is 2.38. The molecule has 0 spiro atoms. The average Bonchev–Trinajstić information content (AvgIpc) is 2.66. The number of nitrogen functional groups attached to an aromatic ring is 1. The highest BCUT2D eigenvalue weighted by Gasteiger charge is 2.24. The van der Waals surface area contributed by atoms with Gasteiger partial charge in [-0.1, -0.05) is 18.2 Å². The van der Waals surface area contributed by atoms with Crippen molar-refractivity contribution in [3.05, 3.63) is 64.6 Å². The number of aromatic nitrogens is 2. The van der Waals surface area contributed by atoms with E-state index < -0.39 is 0 Å². The minimum absolute atomic E-state index is 0.0634. The molecule has 0 saturated carbocycles. The Morgan fingerprint density at radius 1 is 1.23 bits per heavy atom. The molecule has 1 saturated heterocycles. The lowest BCUT2D eigenvalue weighted by Gasteiger charge is -2.26. The van der Waals surface area contributed by atoms with Gasteiger partial charge in [0.15, 0.2) is 5.82 Å². The molecule has 1 aliphatic heterocycles. The van der Waals surface area contributed by atoms with E-state index >= 15 is 0 Å². The standard InChI is InChI=1S/C22H24N6O2/c1-13-16(7-4-8-17(13)23)19-12-28(2)22(30)20(27-19)25-14-5-3-6-15(11-14)26-21(29)18-9-10-24-18/h3-8,11-12,18,24H,9-10,23H2,1-2H3,(H,25,27)(H,26,29)/t18-/m0/s1. The van der Waals surface area contributed by atoms with Gasteiger partial charge in [0.05, 0.1) is 11.7 Å². The molecule has 154 valence electrons. The zero-order valence-electron chi connectivity index (χ0n) is 16.9. The molecule has 4 rings (SSSR count). The van der Waals surface area contributed by atoms with Crippen LogP contribution < -0.4 is 27.2 Å². The van der Waals surface area contributed by atoms with Crippen LogP contribution in [-0.4, -0.2) is 28.0 Å². The van der Waals surface area contributed by atoms with Crippen molar-refractivity contribution in [1.82, 2.24) is 14.9 Å². The number of rotatable bonds is 5. The largest absolute Gasteiger partial charge is 0.398 e. The molecule has 0 aliphatic carbocycles. The summed E-state index contributed by atoms with van der Waals surface area (Å²) in [5.74, 6) is 0.132. The molecule has 8 heteroatoms. The van der Waals surface area contributed by atoms with Crippen LogP contribution in [-0.2, 0) is 11.8 Å². The van der Waals surface area contributed by atoms with Gasteiger partial charge in [-0.25, -0.2) is 4.98 Å². The first-order chi connectivity index (χ1) is 14.4. The molecule has 1 fully saturated rings. The van der Waals surface area contributed by atoms with Crippen molar-refractivity contribution < 1.29 is 4.79 Å². The van der Waals surface area contributed by atoms with E-state index in [1.807, 2.05) is 37.3 Å². The maximum absolute atomic E-state index is 12.6. The first-order valence-electron chi connectivity index (χ1n) is 9.77. The molecule has 0 bridgehead atoms. The lowest BCUT2D eigenvalue weighted by Crippen LogP contribution is -2.50. The quantitative estimate of drug-likeness (QED) is 0.486. The third-order valence-corrected chi connectivity index (χ3v) is 5.26. The van der Waals surface area contributed by atoms with Crippen LogP contribution in [0.4, 0.5) is 22.9 Å². The van der Waals surface area contributed by atoms with E-state index in [0.29, 0.717) is 22.8 Å². The minimum atomic E-state index is -0.256. The smallest absolute Gasteiger partial charge is 0.293 e. The van der Waals surface area contributed by atoms with Crippen LogP contribution in [0.25, 0.3) is 11.3 Å². The van der Waals surface area contributed by atoms with Gasteiger partial charge in [-0.2, -0.15) is 0 Å². The van der Waals surface area contributed by atoms with Gasteiger partial charge in [0, 0.05) is 35.9 Å². The van der Waals surface area contributed by atoms with Crippen molar-refractivity contribution in [2.24, 2.45) is 7.05 Å². The first kappa shape index (κ1) is 19.7. The predicted molar refractivity (Wildman–Crippen MR) is 119 cm³/mol. The Morgan fingerprint density at radius 3 is 2.70 bits per heavy atom. The van der Waals surface area contributed by atoms with E-state index in [1.165, 1.54) is 4.57 Å². The fourth-order valence-corrected chi connectivity index (χ4v) is 3.30. The number of hydrogen-bond donors (Lipinski definition) is 4. The highest BCUT2D eigenvalue weighted by molar-refractivity contribution is 5.95. The molecule has 2 aromatic carbocycles. The second-order valence-corrected chi connectivity index (χ2v) is 7.40. The van der Waals surface area contributed by atoms with Crippen LogP contribution in [0.2, 0.25) is 0 Å². The van der Waals surface area contributed by atoms with Crippen LogP contribution in [0.1, 0.15) is 12.0 Å². The molecule has 5 N–H and O–H groups in total. The number of nitrogens with one attached hydrogen (secondary N) is 3. The third-order valence-electron chi connectivity index (χ3n) is 5.26. The van der Waals surface area contributed by atoms with Gasteiger partial charge in [0.2, 0.25) is 5.91 Å². The van der Waals surface area contributed by atoms with E-state index in [9.17, 15) is 9.59 Å². The summed E-state index contributed by atoms with van der Waals surface area (Å²) in [6.07, 6.45) is 2.53. The van der Waals surface area contributed by atoms with Gasteiger partial charge < -0.3 is 26.3 Å². The Kier molecular flexibility index (Phi) is 5.24. The fourth-order valence-electron chi connectivity index (χ4n) is 3.30. The van der Waals surface area contributed by atoms with Crippen molar-refractivity contribution in [2.75, 3.05) is 22.9 Å². The van der Waals surface area contributed by atoms with E-state index in [0.717, 1.165) is 24.1 Å². The Labute approximate surface area is 174 Å². The maximum Gasteiger partial charge on any atom is 0.293 e. The molecule has 1 aliphatic rings. The number of anilines is 4. The molecule has 30 heavy (non-hydrogen) atoms. The SMILES string of the molecule is Cc1c(N)cccc1-c1cn(C)c(=O)c(Nc2cccc(NC(=O)[C@@H]3CCN3)c2)n1. The van der Waals surface area contributed by atoms with Crippen LogP contribution in [0.5, 0.6) is 0 Å². The molecule has 0 unspecified atom stereocenters. The molecular formula is C22H24N6O2. The van der Waals surface area contributed by atoms with Crippen molar-refractivity contribution in [3.8, 4) is 11.3 Å². The maximum atomic E-state index is 12.6. The summed E-state index contributed by atoms with van der Waals surface area (Å²) in [6.45, 7) is 2.78. The van der Waals surface area contributed by atoms with Gasteiger partial charge in [-0.15, -0.1) is 0 Å². The lowest BCUT2D eigenvalue weighted by atomic mass is 10.0. The van der Waals surface area contributed by atoms with E-state index in [4.69, 9.17) is 5.73 Å². The number of carbonyl (C=O) groups is 1. The summed E-state index contributed by atoms with van der Waals surface area (Å²) in [4.78, 5) is 29.3. The van der Waals surface area contributed by atoms with Crippen LogP contribution in [0.15, 0.2) is 53.5 Å². The van der Waals surface area contributed by atoms with E-state index in [-0.39, 0.29) is 23.3 Å². The summed E-state index contributed by atoms with van der Waals surface area (Å²) >= 11 is 0. The number of hydrogen-bond acceptors (Lipinski definition) is 6. The van der Waals surface area contributed by atoms with E-state index in [2.05, 4.69) is 20.9 Å². The van der Waals surface area contributed by atoms with Gasteiger partial charge >= 0.3 is 0 Å². The topological polar surface area (TPSA) is 114 Å². The van der Waals surface area contributed by atoms with Crippen molar-refractivity contribution >= 4 is 28.8 Å². The molecule has 2 heterocycles. The number of amides is 1. The fraction of sp³-hybridized carbons (Fsp3) is 0.227. The Morgan fingerprint density at radius 2 is 1.97 bits per heavy atom. The molecular weight excluding hydrogens is 380 g/mol. The molecule has 1 aromatic heterocycles. The number of carbonyl (C=O) groups excluding carboxylic acids is 1. The zero-order valence-corrected chi connectivity index (χ0v) is 16.9. The molecule has 1 atom stereocenters. The lowest BCUT2D eigenvalue weighted by molar-refractivity contribution is -0.119. The second kappa shape index (κ2) is 8.00. The average molecular weight is 404 g/mol. The van der Waals surface area contributed by atoms with Crippen molar-refractivity contribution in [2.45, 2.75) is 19.4 Å². The number of benzene rings is 2. The third kappa shape index (κ3) is 3.90. The second-order valence-electron chi connectivity index (χ2n) is 7.40. The van der Waals surface area contributed by atoms with Gasteiger partial charge in [-0.05, 0) is 49.7 Å². The summed E-state index contributed by atoms with van der Waals surface area (Å²) in [6, 6.07) is 12.7. The Balaban J connectivity index is 1.62. The molecule has 3 aromatic rings. The van der Waals surface area contributed by atoms with Gasteiger partial charge in [-0.3, -0.25) is 9.59 Å².